The van der Waals surface area contributed by atoms with Crippen molar-refractivity contribution < 1.29 is 23.1 Å². The van der Waals surface area contributed by atoms with E-state index in [2.05, 4.69) is 0 Å². The minimum absolute atomic E-state index is 0.249. The first-order valence-corrected chi connectivity index (χ1v) is 7.59. The molecule has 0 radical (unpaired) electrons. The van der Waals surface area contributed by atoms with Crippen molar-refractivity contribution in [3.05, 3.63) is 0 Å². The second kappa shape index (κ2) is 5.66. The van der Waals surface area contributed by atoms with E-state index in [1.54, 1.807) is 6.92 Å². The zero-order valence-corrected chi connectivity index (χ0v) is 11.3. The third-order valence-corrected chi connectivity index (χ3v) is 4.22. The van der Waals surface area contributed by atoms with Crippen LogP contribution in [-0.4, -0.2) is 66.5 Å². The SMILES string of the molecule is CCN(CC(=O)O)C(=O)C1CCCN1S(C)(=O)=O. The van der Waals surface area contributed by atoms with Crippen molar-refractivity contribution in [1.29, 1.82) is 0 Å². The minimum atomic E-state index is -3.43. The number of carbonyl (C=O) groups is 2. The zero-order valence-electron chi connectivity index (χ0n) is 10.5. The molecule has 1 saturated heterocycles. The Labute approximate surface area is 106 Å². The molecule has 1 aliphatic rings. The normalized spacial score (nSPS) is 20.9. The number of carboxylic acids is 1. The number of hydrogen-bond donors (Lipinski definition) is 1. The predicted octanol–water partition coefficient (Wildman–Crippen LogP) is -0.656. The molecule has 1 heterocycles. The van der Waals surface area contributed by atoms with E-state index in [9.17, 15) is 18.0 Å². The van der Waals surface area contributed by atoms with E-state index >= 15 is 0 Å². The van der Waals surface area contributed by atoms with Crippen LogP contribution in [0.15, 0.2) is 0 Å². The van der Waals surface area contributed by atoms with Gasteiger partial charge in [0.05, 0.1) is 6.26 Å². The lowest BCUT2D eigenvalue weighted by Crippen LogP contribution is -2.48. The number of nitrogens with zero attached hydrogens (tertiary/aromatic N) is 2. The maximum Gasteiger partial charge on any atom is 0.323 e. The van der Waals surface area contributed by atoms with Gasteiger partial charge in [-0.05, 0) is 19.8 Å². The van der Waals surface area contributed by atoms with Crippen LogP contribution in [0.25, 0.3) is 0 Å². The monoisotopic (exact) mass is 278 g/mol. The van der Waals surface area contributed by atoms with Gasteiger partial charge in [-0.2, -0.15) is 4.31 Å². The highest BCUT2D eigenvalue weighted by Crippen LogP contribution is 2.22. The van der Waals surface area contributed by atoms with Crippen molar-refractivity contribution >= 4 is 21.9 Å². The summed E-state index contributed by atoms with van der Waals surface area (Å²) in [7, 11) is -3.43. The molecule has 0 aliphatic carbocycles. The number of amides is 1. The third-order valence-electron chi connectivity index (χ3n) is 2.93. The lowest BCUT2D eigenvalue weighted by atomic mass is 10.2. The molecule has 1 rings (SSSR count). The average Bonchev–Trinajstić information content (AvgIpc) is 2.72. The van der Waals surface area contributed by atoms with Gasteiger partial charge in [-0.3, -0.25) is 9.59 Å². The maximum absolute atomic E-state index is 12.1. The van der Waals surface area contributed by atoms with Crippen LogP contribution >= 0.6 is 0 Å². The smallest absolute Gasteiger partial charge is 0.323 e. The summed E-state index contributed by atoms with van der Waals surface area (Å²) >= 11 is 0. The molecule has 18 heavy (non-hydrogen) atoms. The predicted molar refractivity (Wildman–Crippen MR) is 64.5 cm³/mol. The highest BCUT2D eigenvalue weighted by Gasteiger charge is 2.38. The minimum Gasteiger partial charge on any atom is -0.480 e. The molecule has 1 atom stereocenters. The molecular formula is C10H18N2O5S. The van der Waals surface area contributed by atoms with E-state index in [0.717, 1.165) is 15.5 Å². The molecule has 1 fully saturated rings. The summed E-state index contributed by atoms with van der Waals surface area (Å²) in [5, 5.41) is 8.71. The fourth-order valence-corrected chi connectivity index (χ4v) is 3.22. The Morgan fingerprint density at radius 3 is 2.50 bits per heavy atom. The van der Waals surface area contributed by atoms with E-state index in [0.29, 0.717) is 19.4 Å². The molecule has 1 unspecified atom stereocenters. The van der Waals surface area contributed by atoms with Crippen LogP contribution in [0, 0.1) is 0 Å². The number of likely N-dealkylation sites (N-methyl/N-ethyl adjacent to an activating group) is 1. The largest absolute Gasteiger partial charge is 0.480 e. The molecule has 0 aromatic heterocycles. The van der Waals surface area contributed by atoms with Gasteiger partial charge >= 0.3 is 5.97 Å². The first-order chi connectivity index (χ1) is 8.27. The topological polar surface area (TPSA) is 95.0 Å². The van der Waals surface area contributed by atoms with Gasteiger partial charge in [0.25, 0.3) is 0 Å². The third kappa shape index (κ3) is 3.42. The van der Waals surface area contributed by atoms with Gasteiger partial charge in [-0.25, -0.2) is 8.42 Å². The van der Waals surface area contributed by atoms with Crippen molar-refractivity contribution in [3.8, 4) is 0 Å². The van der Waals surface area contributed by atoms with Crippen LogP contribution in [-0.2, 0) is 19.6 Å². The lowest BCUT2D eigenvalue weighted by Gasteiger charge is -2.27. The molecule has 7 nitrogen and oxygen atoms in total. The summed E-state index contributed by atoms with van der Waals surface area (Å²) in [5.74, 6) is -1.53. The van der Waals surface area contributed by atoms with Crippen LogP contribution in [0.3, 0.4) is 0 Å². The van der Waals surface area contributed by atoms with Gasteiger partial charge < -0.3 is 10.0 Å². The summed E-state index contributed by atoms with van der Waals surface area (Å²) in [6.45, 7) is 1.84. The van der Waals surface area contributed by atoms with Gasteiger partial charge in [0.1, 0.15) is 12.6 Å². The molecule has 8 heteroatoms. The molecule has 104 valence electrons. The highest BCUT2D eigenvalue weighted by atomic mass is 32.2. The summed E-state index contributed by atoms with van der Waals surface area (Å²) in [6.07, 6.45) is 2.13. The standard InChI is InChI=1S/C10H18N2O5S/c1-3-11(7-9(13)14)10(15)8-5-4-6-12(8)18(2,16)17/h8H,3-7H2,1-2H3,(H,13,14). The van der Waals surface area contributed by atoms with Crippen molar-refractivity contribution in [3.63, 3.8) is 0 Å². The average molecular weight is 278 g/mol. The van der Waals surface area contributed by atoms with Crippen LogP contribution < -0.4 is 0 Å². The molecule has 1 amide bonds. The van der Waals surface area contributed by atoms with Gasteiger partial charge in [-0.1, -0.05) is 0 Å². The van der Waals surface area contributed by atoms with Gasteiger partial charge in [-0.15, -0.1) is 0 Å². The van der Waals surface area contributed by atoms with Crippen molar-refractivity contribution in [2.45, 2.75) is 25.8 Å². The molecule has 0 bridgehead atoms. The summed E-state index contributed by atoms with van der Waals surface area (Å²) < 4.78 is 24.2. The van der Waals surface area contributed by atoms with E-state index in [4.69, 9.17) is 5.11 Å². The van der Waals surface area contributed by atoms with Crippen LogP contribution in [0.1, 0.15) is 19.8 Å². The second-order valence-electron chi connectivity index (χ2n) is 4.28. The quantitative estimate of drug-likeness (QED) is 0.720. The molecule has 0 saturated carbocycles. The summed E-state index contributed by atoms with van der Waals surface area (Å²) in [6, 6.07) is -0.751. The van der Waals surface area contributed by atoms with E-state index < -0.39 is 34.5 Å². The van der Waals surface area contributed by atoms with E-state index in [1.165, 1.54) is 0 Å². The van der Waals surface area contributed by atoms with E-state index in [1.807, 2.05) is 0 Å². The Bertz CT molecular complexity index is 434. The number of aliphatic carboxylic acids is 1. The number of rotatable bonds is 5. The van der Waals surface area contributed by atoms with Crippen molar-refractivity contribution in [1.82, 2.24) is 9.21 Å². The molecule has 0 aromatic rings. The van der Waals surface area contributed by atoms with Crippen LogP contribution in [0.5, 0.6) is 0 Å². The van der Waals surface area contributed by atoms with Crippen LogP contribution in [0.4, 0.5) is 0 Å². The summed E-state index contributed by atoms with van der Waals surface area (Å²) in [5.41, 5.74) is 0. The molecule has 0 aromatic carbocycles. The molecular weight excluding hydrogens is 260 g/mol. The van der Waals surface area contributed by atoms with Crippen molar-refractivity contribution in [2.24, 2.45) is 0 Å². The summed E-state index contributed by atoms with van der Waals surface area (Å²) in [4.78, 5) is 23.9. The first kappa shape index (κ1) is 14.9. The Balaban J connectivity index is 2.85. The van der Waals surface area contributed by atoms with Crippen LogP contribution in [0.2, 0.25) is 0 Å². The fraction of sp³-hybridized carbons (Fsp3) is 0.800. The van der Waals surface area contributed by atoms with Crippen molar-refractivity contribution in [2.75, 3.05) is 25.9 Å². The molecule has 0 spiro atoms. The second-order valence-corrected chi connectivity index (χ2v) is 6.21. The highest BCUT2D eigenvalue weighted by molar-refractivity contribution is 7.88. The Kier molecular flexibility index (Phi) is 4.69. The Morgan fingerprint density at radius 1 is 1.44 bits per heavy atom. The zero-order chi connectivity index (χ0) is 13.9. The van der Waals surface area contributed by atoms with Gasteiger partial charge in [0, 0.05) is 13.1 Å². The van der Waals surface area contributed by atoms with E-state index in [-0.39, 0.29) is 6.54 Å². The van der Waals surface area contributed by atoms with Gasteiger partial charge in [0.2, 0.25) is 15.9 Å². The fourth-order valence-electron chi connectivity index (χ4n) is 2.10. The number of sulfonamides is 1. The lowest BCUT2D eigenvalue weighted by molar-refractivity contribution is -0.145. The first-order valence-electron chi connectivity index (χ1n) is 5.74. The molecule has 1 N–H and O–H groups in total. The number of carboxylic acid groups (broad SMARTS) is 1. The Morgan fingerprint density at radius 2 is 2.06 bits per heavy atom. The number of carbonyl (C=O) groups excluding carboxylic acids is 1. The maximum atomic E-state index is 12.1. The van der Waals surface area contributed by atoms with Gasteiger partial charge in [0.15, 0.2) is 0 Å². The number of hydrogen-bond acceptors (Lipinski definition) is 4. The molecule has 1 aliphatic heterocycles. The Hall–Kier alpha value is -1.15.